The second-order valence-electron chi connectivity index (χ2n) is 9.45. The number of hydrogen-bond acceptors (Lipinski definition) is 8. The van der Waals surface area contributed by atoms with Crippen LogP contribution < -0.4 is 9.64 Å². The zero-order valence-electron chi connectivity index (χ0n) is 22.8. The molecule has 42 heavy (non-hydrogen) atoms. The molecule has 1 amide bonds. The summed E-state index contributed by atoms with van der Waals surface area (Å²) in [7, 11) is 0. The van der Waals surface area contributed by atoms with E-state index in [1.165, 1.54) is 34.1 Å². The number of unbranched alkanes of at least 4 members (excludes halogenated alkanes) is 1. The topological polar surface area (TPSA) is 92.6 Å². The lowest BCUT2D eigenvalue weighted by atomic mass is 9.95. The third kappa shape index (κ3) is 6.75. The minimum absolute atomic E-state index is 0.0210. The number of ether oxygens (including phenoxy) is 1. The van der Waals surface area contributed by atoms with Crippen LogP contribution in [-0.4, -0.2) is 33.6 Å². The largest absolute Gasteiger partial charge is 0.503 e. The molecular weight excluding hydrogens is 590 g/mol. The molecule has 5 rings (SSSR count). The van der Waals surface area contributed by atoms with Crippen LogP contribution in [0.5, 0.6) is 5.75 Å². The Bertz CT molecular complexity index is 1620. The van der Waals surface area contributed by atoms with Crippen LogP contribution in [0, 0.1) is 0 Å². The van der Waals surface area contributed by atoms with E-state index in [1.54, 1.807) is 30.3 Å². The summed E-state index contributed by atoms with van der Waals surface area (Å²) in [5.41, 5.74) is 2.38. The summed E-state index contributed by atoms with van der Waals surface area (Å²) >= 11 is 8.95. The van der Waals surface area contributed by atoms with E-state index in [4.69, 9.17) is 16.3 Å². The number of anilines is 1. The fraction of sp³-hybridized carbons (Fsp3) is 0.188. The van der Waals surface area contributed by atoms with Crippen molar-refractivity contribution >= 4 is 57.6 Å². The van der Waals surface area contributed by atoms with Crippen molar-refractivity contribution in [3.63, 3.8) is 0 Å². The Kier molecular flexibility index (Phi) is 9.74. The van der Waals surface area contributed by atoms with Crippen molar-refractivity contribution in [3.05, 3.63) is 118 Å². The molecule has 0 saturated carbocycles. The molecule has 3 aromatic carbocycles. The van der Waals surface area contributed by atoms with Gasteiger partial charge in [-0.25, -0.2) is 0 Å². The van der Waals surface area contributed by atoms with Gasteiger partial charge in [0.25, 0.3) is 5.91 Å². The summed E-state index contributed by atoms with van der Waals surface area (Å²) in [6.07, 6.45) is 4.98. The number of carbonyl (C=O) groups excluding carboxylic acids is 2. The van der Waals surface area contributed by atoms with E-state index < -0.39 is 23.5 Å². The van der Waals surface area contributed by atoms with Crippen LogP contribution in [0.3, 0.4) is 0 Å². The van der Waals surface area contributed by atoms with Crippen LogP contribution >= 0.6 is 34.7 Å². The van der Waals surface area contributed by atoms with Crippen molar-refractivity contribution < 1.29 is 19.4 Å². The summed E-state index contributed by atoms with van der Waals surface area (Å²) in [5.74, 6) is -0.534. The fourth-order valence-electron chi connectivity index (χ4n) is 4.39. The van der Waals surface area contributed by atoms with Crippen LogP contribution in [0.25, 0.3) is 6.08 Å². The quantitative estimate of drug-likeness (QED) is 0.0749. The smallest absolute Gasteiger partial charge is 0.296 e. The summed E-state index contributed by atoms with van der Waals surface area (Å²) in [5, 5.41) is 20.5. The Balaban J connectivity index is 1.45. The molecule has 2 heterocycles. The van der Waals surface area contributed by atoms with Gasteiger partial charge < -0.3 is 9.84 Å². The Labute approximate surface area is 257 Å². The van der Waals surface area contributed by atoms with Crippen molar-refractivity contribution in [3.8, 4) is 5.75 Å². The van der Waals surface area contributed by atoms with Gasteiger partial charge in [0.1, 0.15) is 5.75 Å². The van der Waals surface area contributed by atoms with Crippen molar-refractivity contribution in [1.29, 1.82) is 0 Å². The van der Waals surface area contributed by atoms with Gasteiger partial charge in [-0.1, -0.05) is 115 Å². The molecule has 0 fully saturated rings. The number of halogens is 1. The van der Waals surface area contributed by atoms with Crippen molar-refractivity contribution in [2.45, 2.75) is 35.9 Å². The summed E-state index contributed by atoms with van der Waals surface area (Å²) in [6.45, 7) is 2.69. The van der Waals surface area contributed by atoms with E-state index in [0.29, 0.717) is 33.0 Å². The molecule has 7 nitrogen and oxygen atoms in total. The molecule has 0 bridgehead atoms. The highest BCUT2D eigenvalue weighted by Gasteiger charge is 2.45. The normalized spacial score (nSPS) is 15.1. The zero-order chi connectivity index (χ0) is 29.5. The Hall–Kier alpha value is -3.92. The molecule has 0 saturated heterocycles. The second kappa shape index (κ2) is 13.8. The molecule has 0 radical (unpaired) electrons. The monoisotopic (exact) mass is 617 g/mol. The summed E-state index contributed by atoms with van der Waals surface area (Å²) in [6, 6.07) is 23.2. The second-order valence-corrected chi connectivity index (χ2v) is 12.0. The highest BCUT2D eigenvalue weighted by molar-refractivity contribution is 8.00. The Morgan fingerprint density at radius 3 is 2.55 bits per heavy atom. The molecule has 1 aliphatic heterocycles. The average molecular weight is 618 g/mol. The number of aliphatic hydroxyl groups excluding tert-OH is 1. The molecule has 1 atom stereocenters. The van der Waals surface area contributed by atoms with Gasteiger partial charge in [-0.05, 0) is 47.4 Å². The molecule has 0 spiro atoms. The van der Waals surface area contributed by atoms with Crippen LogP contribution in [0.2, 0.25) is 5.02 Å². The van der Waals surface area contributed by atoms with E-state index in [1.807, 2.05) is 54.6 Å². The first-order valence-electron chi connectivity index (χ1n) is 13.4. The minimum atomic E-state index is -0.899. The number of rotatable bonds is 12. The third-order valence-electron chi connectivity index (χ3n) is 6.57. The predicted octanol–water partition coefficient (Wildman–Crippen LogP) is 7.85. The van der Waals surface area contributed by atoms with Crippen LogP contribution in [-0.2, 0) is 15.3 Å². The fourth-order valence-corrected chi connectivity index (χ4v) is 6.54. The Morgan fingerprint density at radius 2 is 1.81 bits per heavy atom. The van der Waals surface area contributed by atoms with E-state index in [-0.39, 0.29) is 10.7 Å². The van der Waals surface area contributed by atoms with Crippen molar-refractivity contribution in [2.75, 3.05) is 11.5 Å². The number of hydrogen-bond donors (Lipinski definition) is 1. The third-order valence-corrected chi connectivity index (χ3v) is 9.05. The highest BCUT2D eigenvalue weighted by atomic mass is 35.5. The zero-order valence-corrected chi connectivity index (χ0v) is 25.2. The SMILES string of the molecule is CCCCOc1ccc(C2C(C(=O)C=Cc3ccccc3)=C(O)C(=O)N2c2nnc(SCc3ccccc3Cl)s2)cc1. The standard InChI is InChI=1S/C32H28ClN3O4S2/c1-2-3-19-40-24-16-14-22(15-17-24)28-27(26(37)18-13-21-9-5-4-6-10-21)29(38)30(39)36(28)31-34-35-32(42-31)41-20-23-11-7-8-12-25(23)33/h4-18,28,38H,2-3,19-20H2,1H3. The number of allylic oxidation sites excluding steroid dienone is 1. The van der Waals surface area contributed by atoms with Crippen LogP contribution in [0.4, 0.5) is 5.13 Å². The maximum absolute atomic E-state index is 13.5. The van der Waals surface area contributed by atoms with E-state index in [2.05, 4.69) is 17.1 Å². The summed E-state index contributed by atoms with van der Waals surface area (Å²) < 4.78 is 6.43. The van der Waals surface area contributed by atoms with Gasteiger partial charge in [-0.3, -0.25) is 14.5 Å². The summed E-state index contributed by atoms with van der Waals surface area (Å²) in [4.78, 5) is 28.3. The van der Waals surface area contributed by atoms with Gasteiger partial charge >= 0.3 is 0 Å². The lowest BCUT2D eigenvalue weighted by Gasteiger charge is -2.24. The van der Waals surface area contributed by atoms with Crippen LogP contribution in [0.1, 0.15) is 42.5 Å². The molecule has 0 aliphatic carbocycles. The maximum atomic E-state index is 13.5. The predicted molar refractivity (Wildman–Crippen MR) is 168 cm³/mol. The van der Waals surface area contributed by atoms with Crippen molar-refractivity contribution in [2.24, 2.45) is 0 Å². The van der Waals surface area contributed by atoms with Crippen LogP contribution in [0.15, 0.2) is 101 Å². The number of benzene rings is 3. The van der Waals surface area contributed by atoms with E-state index in [9.17, 15) is 14.7 Å². The number of amides is 1. The number of nitrogens with zero attached hydrogens (tertiary/aromatic N) is 3. The number of thioether (sulfide) groups is 1. The molecule has 4 aromatic rings. The molecule has 10 heteroatoms. The number of ketones is 1. The van der Waals surface area contributed by atoms with Gasteiger partial charge in [0.15, 0.2) is 15.9 Å². The number of aliphatic hydroxyl groups is 1. The highest BCUT2D eigenvalue weighted by Crippen LogP contribution is 2.43. The molecular formula is C32H28ClN3O4S2. The lowest BCUT2D eigenvalue weighted by molar-refractivity contribution is -0.117. The van der Waals surface area contributed by atoms with Gasteiger partial charge in [-0.2, -0.15) is 0 Å². The maximum Gasteiger partial charge on any atom is 0.296 e. The van der Waals surface area contributed by atoms with Gasteiger partial charge in [0.2, 0.25) is 5.13 Å². The molecule has 214 valence electrons. The van der Waals surface area contributed by atoms with Gasteiger partial charge in [0.05, 0.1) is 18.2 Å². The first-order chi connectivity index (χ1) is 20.5. The molecule has 1 aromatic heterocycles. The first-order valence-corrected chi connectivity index (χ1v) is 15.6. The molecule has 1 N–H and O–H groups in total. The average Bonchev–Trinajstić information content (AvgIpc) is 3.58. The molecule has 1 aliphatic rings. The first kappa shape index (κ1) is 29.6. The Morgan fingerprint density at radius 1 is 1.07 bits per heavy atom. The van der Waals surface area contributed by atoms with Gasteiger partial charge in [0, 0.05) is 10.8 Å². The van der Waals surface area contributed by atoms with E-state index in [0.717, 1.165) is 24.0 Å². The number of aromatic nitrogens is 2. The minimum Gasteiger partial charge on any atom is -0.503 e. The van der Waals surface area contributed by atoms with Gasteiger partial charge in [-0.15, -0.1) is 10.2 Å². The molecule has 1 unspecified atom stereocenters. The lowest BCUT2D eigenvalue weighted by Crippen LogP contribution is -2.30. The van der Waals surface area contributed by atoms with E-state index >= 15 is 0 Å². The van der Waals surface area contributed by atoms with Crippen molar-refractivity contribution in [1.82, 2.24) is 10.2 Å². The number of carbonyl (C=O) groups is 2.